The predicted molar refractivity (Wildman–Crippen MR) is 29.1 cm³/mol. The largest absolute Gasteiger partial charge is 0.368 e. The van der Waals surface area contributed by atoms with Crippen LogP contribution in [-0.2, 0) is 19.8 Å². The summed E-state index contributed by atoms with van der Waals surface area (Å²) < 4.78 is 33.2. The normalized spacial score (nSPS) is 5.08. The van der Waals surface area contributed by atoms with E-state index in [-0.39, 0.29) is 71.3 Å². The van der Waals surface area contributed by atoms with Gasteiger partial charge in [-0.3, -0.25) is 20.8 Å². The minimum absolute atomic E-state index is 0. The second-order valence-electron chi connectivity index (χ2n) is 0.396. The van der Waals surface area contributed by atoms with Crippen LogP contribution in [0.1, 0.15) is 0 Å². The van der Waals surface area contributed by atoms with Crippen molar-refractivity contribution in [1.82, 2.24) is 0 Å². The van der Waals surface area contributed by atoms with Crippen LogP contribution in [0.3, 0.4) is 0 Å². The fourth-order valence-electron chi connectivity index (χ4n) is 0. The molecule has 0 fully saturated rings. The van der Waals surface area contributed by atoms with Gasteiger partial charge in [-0.15, -0.1) is 0 Å². The van der Waals surface area contributed by atoms with Gasteiger partial charge in [-0.25, -0.2) is 0 Å². The van der Waals surface area contributed by atoms with E-state index in [9.17, 15) is 0 Å². The van der Waals surface area contributed by atoms with E-state index in [2.05, 4.69) is 0 Å². The summed E-state index contributed by atoms with van der Waals surface area (Å²) in [5.74, 6) is 0. The monoisotopic (exact) mass is 514 g/mol. The Kier molecular flexibility index (Phi) is 171. The van der Waals surface area contributed by atoms with Gasteiger partial charge in [0.25, 0.3) is 0 Å². The average Bonchev–Trinajstić information content (AvgIpc) is 1.36. The van der Waals surface area contributed by atoms with Crippen LogP contribution in [0, 0.1) is 0 Å². The zero-order chi connectivity index (χ0) is 6.50. The summed E-state index contributed by atoms with van der Waals surface area (Å²) in [5.41, 5.74) is 0. The van der Waals surface area contributed by atoms with E-state index < -0.39 is 20.1 Å². The third-order valence-electron chi connectivity index (χ3n) is 0. The van der Waals surface area contributed by atoms with Gasteiger partial charge >= 0.3 is 49.7 Å². The molecule has 0 saturated heterocycles. The molecule has 0 aliphatic carbocycles. The zero-order valence-electron chi connectivity index (χ0n) is 5.30. The smallest absolute Gasteiger partial charge is 0.256 e. The summed E-state index contributed by atoms with van der Waals surface area (Å²) in [6.07, 6.45) is 0. The molecule has 0 rings (SSSR count). The van der Waals surface area contributed by atoms with Crippen LogP contribution in [0.2, 0.25) is 0 Å². The average molecular weight is 512 g/mol. The molecule has 0 aliphatic heterocycles. The third-order valence-corrected chi connectivity index (χ3v) is 0. The molecular formula is H12INaO10Os. The molecule has 0 saturated carbocycles. The van der Waals surface area contributed by atoms with Gasteiger partial charge < -0.3 is 21.9 Å². The Hall–Kier alpha value is 1.97. The molecule has 0 amide bonds. The summed E-state index contributed by atoms with van der Waals surface area (Å²) in [6, 6.07) is 0. The minimum Gasteiger partial charge on any atom is -0.256 e. The first-order valence-corrected chi connectivity index (χ1v) is 4.44. The molecule has 0 aromatic carbocycles. The van der Waals surface area contributed by atoms with E-state index in [1.54, 1.807) is 0 Å². The number of halogens is 1. The molecule has 10 nitrogen and oxygen atoms in total. The van der Waals surface area contributed by atoms with Crippen molar-refractivity contribution < 1.29 is 86.0 Å². The van der Waals surface area contributed by atoms with Crippen LogP contribution in [0.25, 0.3) is 0 Å². The zero-order valence-corrected chi connectivity index (χ0v) is 10.00. The van der Waals surface area contributed by atoms with Gasteiger partial charge in [0.2, 0.25) is 0 Å². The Bertz CT molecular complexity index is 30.4. The van der Waals surface area contributed by atoms with Crippen LogP contribution in [-0.4, -0.2) is 65.4 Å². The van der Waals surface area contributed by atoms with Crippen LogP contribution >= 0.6 is 0 Å². The van der Waals surface area contributed by atoms with Crippen LogP contribution < -0.4 is 30.4 Å². The Labute approximate surface area is 114 Å². The molecule has 0 bridgehead atoms. The van der Waals surface area contributed by atoms with Gasteiger partial charge in [-0.2, -0.15) is 0 Å². The second-order valence-corrected chi connectivity index (χ2v) is 2.66. The Morgan fingerprint density at radius 2 is 0.769 bits per heavy atom. The predicted octanol–water partition coefficient (Wildman–Crippen LogP) is -11.1. The minimum atomic E-state index is -5.69. The molecule has 0 unspecified atom stereocenters. The van der Waals surface area contributed by atoms with E-state index in [0.717, 1.165) is 0 Å². The summed E-state index contributed by atoms with van der Waals surface area (Å²) in [4.78, 5) is 0. The summed E-state index contributed by atoms with van der Waals surface area (Å²) in [5, 5.41) is 12.0. The fourth-order valence-corrected chi connectivity index (χ4v) is 0. The van der Waals surface area contributed by atoms with Gasteiger partial charge in [0, 0.05) is 23.2 Å². The van der Waals surface area contributed by atoms with E-state index in [1.807, 2.05) is 0 Å². The molecule has 0 heterocycles. The van der Waals surface area contributed by atoms with Crippen molar-refractivity contribution >= 4 is 29.6 Å². The molecule has 0 aromatic heterocycles. The number of hydrogen-bond donors (Lipinski definition) is 3. The van der Waals surface area contributed by atoms with Crippen molar-refractivity contribution in [2.24, 2.45) is 0 Å². The Morgan fingerprint density at radius 1 is 0.769 bits per heavy atom. The van der Waals surface area contributed by atoms with Crippen molar-refractivity contribution in [3.8, 4) is 0 Å². The fraction of sp³-hybridized carbons (Fsp3) is 0. The van der Waals surface area contributed by atoms with Crippen molar-refractivity contribution in [1.29, 1.82) is 0 Å². The molecule has 13 heavy (non-hydrogen) atoms. The number of hydrogen-bond acceptors (Lipinski definition) is 6. The molecule has 88 valence electrons. The van der Waals surface area contributed by atoms with Crippen molar-refractivity contribution in [3.63, 3.8) is 0 Å². The van der Waals surface area contributed by atoms with Gasteiger partial charge in [0.1, 0.15) is 0 Å². The van der Waals surface area contributed by atoms with E-state index in [4.69, 9.17) is 24.3 Å². The van der Waals surface area contributed by atoms with Crippen LogP contribution in [0.15, 0.2) is 0 Å². The van der Waals surface area contributed by atoms with Gasteiger partial charge in [0.05, 0.1) is 0 Å². The second kappa shape index (κ2) is 37.0. The van der Waals surface area contributed by atoms with E-state index >= 15 is 0 Å². The first kappa shape index (κ1) is 60.2. The Balaban J connectivity index is -0.00000000492. The van der Waals surface area contributed by atoms with Crippen LogP contribution in [0.5, 0.6) is 0 Å². The summed E-state index contributed by atoms with van der Waals surface area (Å²) in [6.45, 7) is 0. The Morgan fingerprint density at radius 3 is 0.769 bits per heavy atom. The van der Waals surface area contributed by atoms with Gasteiger partial charge in [-0.05, 0) is 0 Å². The summed E-state index contributed by atoms with van der Waals surface area (Å²) >= 11 is -5.69. The maximum absolute atomic E-state index is 8.73. The van der Waals surface area contributed by atoms with Crippen molar-refractivity contribution in [2.75, 3.05) is 0 Å². The first-order valence-electron chi connectivity index (χ1n) is 0.832. The summed E-state index contributed by atoms with van der Waals surface area (Å²) in [7, 11) is 0. The quantitative estimate of drug-likeness (QED) is 0.123. The van der Waals surface area contributed by atoms with Crippen molar-refractivity contribution in [3.05, 3.63) is 0 Å². The maximum Gasteiger partial charge on any atom is 0.368 e. The molecule has 0 spiro atoms. The number of rotatable bonds is 0. The molecule has 0 aromatic rings. The van der Waals surface area contributed by atoms with Crippen LogP contribution in [0.4, 0.5) is 0 Å². The van der Waals surface area contributed by atoms with Gasteiger partial charge in [0.15, 0.2) is 0 Å². The molecule has 0 aliphatic rings. The van der Waals surface area contributed by atoms with Gasteiger partial charge in [-0.1, -0.05) is 0 Å². The molecular weight excluding hydrogens is 500 g/mol. The van der Waals surface area contributed by atoms with E-state index in [0.29, 0.717) is 0 Å². The van der Waals surface area contributed by atoms with Crippen molar-refractivity contribution in [2.45, 2.75) is 0 Å². The standard InChI is InChI=1S/HIO4.Na.H2O2.4H2O.Os.H/c2-1(3,4)5;;1-2;;;;;;/h2H;;1-2H;4*1H2;;. The third kappa shape index (κ3) is 517. The topological polar surface area (TPSA) is 256 Å². The first-order chi connectivity index (χ1) is 3.00. The SMILES string of the molecule is O.O.O.O.OO.[NaH].[O-][I+3]([O-])([O-])O.[Os]. The molecule has 0 atom stereocenters. The van der Waals surface area contributed by atoms with E-state index in [1.165, 1.54) is 0 Å². The molecule has 0 radical (unpaired) electrons. The molecule has 11 N–H and O–H groups in total. The maximum atomic E-state index is 8.73. The molecule has 13 heteroatoms.